The SMILES string of the molecule is COc1cccc(CN2C(=O)N(c3ccc(C4CNNC4)cc3)CC23CCN(CC2CCOCC2)CC3)c1. The van der Waals surface area contributed by atoms with E-state index in [0.29, 0.717) is 12.5 Å². The minimum Gasteiger partial charge on any atom is -0.497 e. The molecular formula is C30H41N5O3. The van der Waals surface area contributed by atoms with E-state index >= 15 is 0 Å². The van der Waals surface area contributed by atoms with E-state index < -0.39 is 0 Å². The molecule has 4 heterocycles. The van der Waals surface area contributed by atoms with Crippen LogP contribution in [0.4, 0.5) is 10.5 Å². The second kappa shape index (κ2) is 11.2. The molecule has 38 heavy (non-hydrogen) atoms. The average molecular weight is 520 g/mol. The van der Waals surface area contributed by atoms with Gasteiger partial charge in [0.25, 0.3) is 0 Å². The van der Waals surface area contributed by atoms with Gasteiger partial charge in [-0.05, 0) is 67.0 Å². The molecule has 0 atom stereocenters. The molecule has 204 valence electrons. The number of likely N-dealkylation sites (tertiary alicyclic amines) is 1. The summed E-state index contributed by atoms with van der Waals surface area (Å²) < 4.78 is 11.0. The van der Waals surface area contributed by atoms with Gasteiger partial charge in [-0.3, -0.25) is 15.8 Å². The fourth-order valence-corrected chi connectivity index (χ4v) is 6.69. The number of nitrogens with zero attached hydrogens (tertiary/aromatic N) is 3. The van der Waals surface area contributed by atoms with Gasteiger partial charge in [0.1, 0.15) is 5.75 Å². The zero-order chi connectivity index (χ0) is 26.0. The van der Waals surface area contributed by atoms with Gasteiger partial charge in [0.2, 0.25) is 0 Å². The zero-order valence-corrected chi connectivity index (χ0v) is 22.5. The molecule has 0 aliphatic carbocycles. The first-order chi connectivity index (χ1) is 18.6. The van der Waals surface area contributed by atoms with Crippen molar-refractivity contribution in [2.45, 2.75) is 43.7 Å². The Morgan fingerprint density at radius 3 is 2.47 bits per heavy atom. The minimum atomic E-state index is -0.162. The summed E-state index contributed by atoms with van der Waals surface area (Å²) >= 11 is 0. The lowest BCUT2D eigenvalue weighted by molar-refractivity contribution is 0.0313. The van der Waals surface area contributed by atoms with E-state index in [0.717, 1.165) is 88.2 Å². The van der Waals surface area contributed by atoms with E-state index in [2.05, 4.69) is 57.0 Å². The predicted octanol–water partition coefficient (Wildman–Crippen LogP) is 3.59. The van der Waals surface area contributed by atoms with Gasteiger partial charge < -0.3 is 19.3 Å². The molecule has 0 unspecified atom stereocenters. The third-order valence-electron chi connectivity index (χ3n) is 9.10. The van der Waals surface area contributed by atoms with Crippen LogP contribution in [0.2, 0.25) is 0 Å². The molecule has 8 heteroatoms. The molecular weight excluding hydrogens is 478 g/mol. The van der Waals surface area contributed by atoms with Crippen molar-refractivity contribution in [2.24, 2.45) is 5.92 Å². The number of rotatable bonds is 7. The zero-order valence-electron chi connectivity index (χ0n) is 22.5. The van der Waals surface area contributed by atoms with Crippen LogP contribution in [0.15, 0.2) is 48.5 Å². The lowest BCUT2D eigenvalue weighted by Gasteiger charge is -2.44. The number of carbonyl (C=O) groups is 1. The lowest BCUT2D eigenvalue weighted by Crippen LogP contribution is -2.54. The number of hydrogen-bond acceptors (Lipinski definition) is 6. The summed E-state index contributed by atoms with van der Waals surface area (Å²) in [5.41, 5.74) is 9.68. The Labute approximate surface area is 226 Å². The van der Waals surface area contributed by atoms with Crippen molar-refractivity contribution in [2.75, 3.05) is 64.5 Å². The number of amides is 2. The summed E-state index contributed by atoms with van der Waals surface area (Å²) in [6.07, 6.45) is 4.33. The van der Waals surface area contributed by atoms with E-state index in [4.69, 9.17) is 9.47 Å². The topological polar surface area (TPSA) is 69.3 Å². The van der Waals surface area contributed by atoms with Crippen molar-refractivity contribution in [3.63, 3.8) is 0 Å². The standard InChI is InChI=1S/C30H41N5O3/c1-37-28-4-2-3-24(17-28)21-35-29(36)34(27-7-5-25(6-8-27)26-18-31-32-19-26)22-30(35)11-13-33(14-12-30)20-23-9-15-38-16-10-23/h2-8,17,23,26,31-32H,9-16,18-22H2,1H3. The summed E-state index contributed by atoms with van der Waals surface area (Å²) in [6.45, 7) is 8.23. The Morgan fingerprint density at radius 1 is 1.03 bits per heavy atom. The summed E-state index contributed by atoms with van der Waals surface area (Å²) in [5.74, 6) is 2.03. The van der Waals surface area contributed by atoms with Crippen molar-refractivity contribution in [3.8, 4) is 5.75 Å². The molecule has 2 N–H and O–H groups in total. The molecule has 4 saturated heterocycles. The van der Waals surface area contributed by atoms with Crippen molar-refractivity contribution in [1.29, 1.82) is 0 Å². The normalized spacial score (nSPS) is 23.0. The summed E-state index contributed by atoms with van der Waals surface area (Å²) in [6, 6.07) is 16.9. The quantitative estimate of drug-likeness (QED) is 0.583. The predicted molar refractivity (Wildman–Crippen MR) is 148 cm³/mol. The molecule has 0 saturated carbocycles. The van der Waals surface area contributed by atoms with Crippen LogP contribution < -0.4 is 20.5 Å². The van der Waals surface area contributed by atoms with Gasteiger partial charge in [0, 0.05) is 64.1 Å². The van der Waals surface area contributed by atoms with E-state index in [1.165, 1.54) is 18.4 Å². The molecule has 1 spiro atoms. The number of nitrogens with one attached hydrogen (secondary N) is 2. The summed E-state index contributed by atoms with van der Waals surface area (Å²) in [4.78, 5) is 20.8. The van der Waals surface area contributed by atoms with Crippen LogP contribution in [0.3, 0.4) is 0 Å². The number of carbonyl (C=O) groups excluding carboxylic acids is 1. The van der Waals surface area contributed by atoms with Crippen molar-refractivity contribution in [3.05, 3.63) is 59.7 Å². The third kappa shape index (κ3) is 5.27. The molecule has 4 aliphatic heterocycles. The highest BCUT2D eigenvalue weighted by atomic mass is 16.5. The molecule has 4 fully saturated rings. The van der Waals surface area contributed by atoms with E-state index in [-0.39, 0.29) is 11.6 Å². The molecule has 0 bridgehead atoms. The van der Waals surface area contributed by atoms with Gasteiger partial charge in [-0.1, -0.05) is 24.3 Å². The summed E-state index contributed by atoms with van der Waals surface area (Å²) in [5, 5.41) is 0. The summed E-state index contributed by atoms with van der Waals surface area (Å²) in [7, 11) is 1.69. The second-order valence-electron chi connectivity index (χ2n) is 11.4. The maximum absolute atomic E-state index is 14.1. The number of benzene rings is 2. The van der Waals surface area contributed by atoms with Gasteiger partial charge in [0.15, 0.2) is 0 Å². The molecule has 8 nitrogen and oxygen atoms in total. The van der Waals surface area contributed by atoms with Gasteiger partial charge in [-0.2, -0.15) is 0 Å². The Bertz CT molecular complexity index is 1090. The number of ether oxygens (including phenoxy) is 2. The first-order valence-corrected chi connectivity index (χ1v) is 14.2. The fraction of sp³-hybridized carbons (Fsp3) is 0.567. The van der Waals surface area contributed by atoms with Crippen LogP contribution in [-0.2, 0) is 11.3 Å². The number of piperidine rings is 1. The van der Waals surface area contributed by atoms with Crippen LogP contribution in [0.1, 0.15) is 42.7 Å². The highest BCUT2D eigenvalue weighted by Gasteiger charge is 2.51. The Balaban J connectivity index is 1.21. The van der Waals surface area contributed by atoms with E-state index in [9.17, 15) is 4.79 Å². The molecule has 2 amide bonds. The maximum atomic E-state index is 14.1. The number of hydrazine groups is 1. The van der Waals surface area contributed by atoms with Gasteiger partial charge in [-0.25, -0.2) is 4.79 Å². The molecule has 0 radical (unpaired) electrons. The molecule has 0 aromatic heterocycles. The number of hydrogen-bond donors (Lipinski definition) is 2. The molecule has 4 aliphatic rings. The molecule has 6 rings (SSSR count). The maximum Gasteiger partial charge on any atom is 0.325 e. The Hall–Kier alpha value is -2.65. The van der Waals surface area contributed by atoms with Gasteiger partial charge in [0.05, 0.1) is 19.2 Å². The van der Waals surface area contributed by atoms with E-state index in [1.807, 2.05) is 17.0 Å². The Morgan fingerprint density at radius 2 is 1.76 bits per heavy atom. The first-order valence-electron chi connectivity index (χ1n) is 14.2. The van der Waals surface area contributed by atoms with Crippen LogP contribution in [0.25, 0.3) is 0 Å². The second-order valence-corrected chi connectivity index (χ2v) is 11.4. The average Bonchev–Trinajstić information content (AvgIpc) is 3.59. The van der Waals surface area contributed by atoms with Crippen LogP contribution in [0, 0.1) is 5.92 Å². The Kier molecular flexibility index (Phi) is 7.56. The smallest absolute Gasteiger partial charge is 0.325 e. The monoisotopic (exact) mass is 519 g/mol. The third-order valence-corrected chi connectivity index (χ3v) is 9.10. The highest BCUT2D eigenvalue weighted by Crippen LogP contribution is 2.40. The highest BCUT2D eigenvalue weighted by molar-refractivity contribution is 5.95. The van der Waals surface area contributed by atoms with Crippen LogP contribution >= 0.6 is 0 Å². The molecule has 2 aromatic carbocycles. The number of methoxy groups -OCH3 is 1. The largest absolute Gasteiger partial charge is 0.497 e. The fourth-order valence-electron chi connectivity index (χ4n) is 6.69. The van der Waals surface area contributed by atoms with Crippen LogP contribution in [-0.4, -0.2) is 81.0 Å². The van der Waals surface area contributed by atoms with E-state index in [1.54, 1.807) is 7.11 Å². The minimum absolute atomic E-state index is 0.114. The van der Waals surface area contributed by atoms with Gasteiger partial charge in [-0.15, -0.1) is 0 Å². The van der Waals surface area contributed by atoms with Crippen molar-refractivity contribution in [1.82, 2.24) is 20.7 Å². The number of urea groups is 1. The van der Waals surface area contributed by atoms with Crippen molar-refractivity contribution >= 4 is 11.7 Å². The van der Waals surface area contributed by atoms with Crippen LogP contribution in [0.5, 0.6) is 5.75 Å². The lowest BCUT2D eigenvalue weighted by atomic mass is 9.85. The van der Waals surface area contributed by atoms with Gasteiger partial charge >= 0.3 is 6.03 Å². The first kappa shape index (κ1) is 25.6. The molecule has 2 aromatic rings. The number of anilines is 1. The van der Waals surface area contributed by atoms with Crippen molar-refractivity contribution < 1.29 is 14.3 Å².